The molecule has 0 atom stereocenters. The summed E-state index contributed by atoms with van der Waals surface area (Å²) < 4.78 is 11.2. The highest BCUT2D eigenvalue weighted by Crippen LogP contribution is 2.25. The second kappa shape index (κ2) is 3.69. The summed E-state index contributed by atoms with van der Waals surface area (Å²) >= 11 is 2.03. The monoisotopic (exact) mass is 280 g/mol. The molecule has 4 nitrogen and oxygen atoms in total. The zero-order valence-electron chi connectivity index (χ0n) is 6.49. The highest BCUT2D eigenvalue weighted by atomic mass is 127. The minimum absolute atomic E-state index is 0.412. The van der Waals surface area contributed by atoms with Crippen LogP contribution in [-0.2, 0) is 4.74 Å². The molecular weight excluding hydrogens is 271 g/mol. The molecule has 12 heavy (non-hydrogen) atoms. The Morgan fingerprint density at radius 2 is 2.00 bits per heavy atom. The quantitative estimate of drug-likeness (QED) is 0.733. The largest absolute Gasteiger partial charge is 0.416 e. The first-order chi connectivity index (χ1) is 5.86. The van der Waals surface area contributed by atoms with Gasteiger partial charge in [-0.25, -0.2) is 0 Å². The Labute approximate surface area is 83.8 Å². The third-order valence-corrected chi connectivity index (χ3v) is 2.42. The smallest absolute Gasteiger partial charge is 0.278 e. The first-order valence-electron chi connectivity index (χ1n) is 3.93. The average Bonchev–Trinajstić information content (AvgIpc) is 2.54. The van der Waals surface area contributed by atoms with E-state index in [0.29, 0.717) is 9.82 Å². The molecule has 1 aliphatic heterocycles. The number of hydrogen-bond donors (Lipinski definition) is 0. The zero-order valence-corrected chi connectivity index (χ0v) is 8.65. The number of hydrogen-bond acceptors (Lipinski definition) is 4. The Kier molecular flexibility index (Phi) is 2.60. The van der Waals surface area contributed by atoms with Gasteiger partial charge in [-0.05, 0) is 12.8 Å². The lowest BCUT2D eigenvalue weighted by molar-refractivity contribution is 0.0792. The van der Waals surface area contributed by atoms with Crippen molar-refractivity contribution in [2.24, 2.45) is 0 Å². The van der Waals surface area contributed by atoms with Gasteiger partial charge in [0.2, 0.25) is 5.89 Å². The summed E-state index contributed by atoms with van der Waals surface area (Å²) in [6, 6.07) is 0. The van der Waals surface area contributed by atoms with Gasteiger partial charge in [-0.2, -0.15) is 0 Å². The molecule has 0 aliphatic carbocycles. The van der Waals surface area contributed by atoms with Crippen LogP contribution in [0.25, 0.3) is 0 Å². The maximum atomic E-state index is 5.33. The summed E-state index contributed by atoms with van der Waals surface area (Å²) in [6.07, 6.45) is 2.00. The lowest BCUT2D eigenvalue weighted by Gasteiger charge is -2.18. The number of rotatable bonds is 1. The van der Waals surface area contributed by atoms with Gasteiger partial charge in [-0.15, -0.1) is 10.2 Å². The fraction of sp³-hybridized carbons (Fsp3) is 0.714. The van der Waals surface area contributed by atoms with Crippen LogP contribution in [0.4, 0.5) is 0 Å². The first kappa shape index (κ1) is 8.43. The van der Waals surface area contributed by atoms with Crippen molar-refractivity contribution in [2.75, 3.05) is 13.2 Å². The summed E-state index contributed by atoms with van der Waals surface area (Å²) in [6.45, 7) is 1.62. The molecule has 2 rings (SSSR count). The van der Waals surface area contributed by atoms with Gasteiger partial charge < -0.3 is 9.15 Å². The van der Waals surface area contributed by atoms with E-state index in [1.807, 2.05) is 22.6 Å². The number of ether oxygens (including phenoxy) is 1. The van der Waals surface area contributed by atoms with E-state index in [0.717, 1.165) is 31.9 Å². The number of halogens is 1. The summed E-state index contributed by atoms with van der Waals surface area (Å²) in [4.78, 5) is 0. The van der Waals surface area contributed by atoms with E-state index in [1.165, 1.54) is 0 Å². The van der Waals surface area contributed by atoms with Crippen LogP contribution in [-0.4, -0.2) is 23.4 Å². The minimum atomic E-state index is 0.412. The fourth-order valence-corrected chi connectivity index (χ4v) is 1.66. The zero-order chi connectivity index (χ0) is 8.39. The Morgan fingerprint density at radius 3 is 2.58 bits per heavy atom. The van der Waals surface area contributed by atoms with Crippen LogP contribution in [0.3, 0.4) is 0 Å². The van der Waals surface area contributed by atoms with Crippen molar-refractivity contribution < 1.29 is 9.15 Å². The lowest BCUT2D eigenvalue weighted by Crippen LogP contribution is -2.14. The number of aromatic nitrogens is 2. The third-order valence-electron chi connectivity index (χ3n) is 1.99. The van der Waals surface area contributed by atoms with Crippen molar-refractivity contribution in [1.29, 1.82) is 0 Å². The predicted octanol–water partition coefficient (Wildman–Crippen LogP) is 1.57. The molecule has 66 valence electrons. The summed E-state index contributed by atoms with van der Waals surface area (Å²) in [5, 5.41) is 7.78. The molecule has 0 bridgehead atoms. The van der Waals surface area contributed by atoms with E-state index in [9.17, 15) is 0 Å². The normalized spacial score (nSPS) is 19.8. The molecule has 1 aliphatic rings. The highest BCUT2D eigenvalue weighted by Gasteiger charge is 2.20. The van der Waals surface area contributed by atoms with E-state index in [1.54, 1.807) is 0 Å². The lowest BCUT2D eigenvalue weighted by atomic mass is 10.0. The van der Waals surface area contributed by atoms with Gasteiger partial charge in [-0.1, -0.05) is 0 Å². The predicted molar refractivity (Wildman–Crippen MR) is 49.8 cm³/mol. The van der Waals surface area contributed by atoms with Gasteiger partial charge in [0.1, 0.15) is 0 Å². The van der Waals surface area contributed by atoms with E-state index in [2.05, 4.69) is 10.2 Å². The van der Waals surface area contributed by atoms with Gasteiger partial charge in [0.15, 0.2) is 0 Å². The van der Waals surface area contributed by atoms with Crippen LogP contribution >= 0.6 is 22.6 Å². The Morgan fingerprint density at radius 1 is 1.25 bits per heavy atom. The van der Waals surface area contributed by atoms with Gasteiger partial charge in [-0.3, -0.25) is 0 Å². The molecular formula is C7H9IN2O2. The van der Waals surface area contributed by atoms with Crippen LogP contribution in [0, 0.1) is 3.90 Å². The fourth-order valence-electron chi connectivity index (χ4n) is 1.33. The second-order valence-corrected chi connectivity index (χ2v) is 3.70. The van der Waals surface area contributed by atoms with Crippen molar-refractivity contribution in [3.05, 3.63) is 9.79 Å². The molecule has 0 saturated carbocycles. The molecule has 1 fully saturated rings. The maximum Gasteiger partial charge on any atom is 0.278 e. The van der Waals surface area contributed by atoms with Gasteiger partial charge >= 0.3 is 0 Å². The van der Waals surface area contributed by atoms with Crippen LogP contribution in [0.15, 0.2) is 4.42 Å². The van der Waals surface area contributed by atoms with E-state index in [-0.39, 0.29) is 0 Å². The molecule has 0 radical (unpaired) electrons. The van der Waals surface area contributed by atoms with Crippen LogP contribution in [0.1, 0.15) is 24.7 Å². The van der Waals surface area contributed by atoms with Crippen LogP contribution in [0.2, 0.25) is 0 Å². The van der Waals surface area contributed by atoms with Gasteiger partial charge in [0.05, 0.1) is 0 Å². The van der Waals surface area contributed by atoms with E-state index >= 15 is 0 Å². The molecule has 5 heteroatoms. The van der Waals surface area contributed by atoms with Crippen LogP contribution < -0.4 is 0 Å². The molecule has 0 spiro atoms. The van der Waals surface area contributed by atoms with Crippen molar-refractivity contribution in [2.45, 2.75) is 18.8 Å². The minimum Gasteiger partial charge on any atom is -0.416 e. The van der Waals surface area contributed by atoms with Crippen molar-refractivity contribution in [3.8, 4) is 0 Å². The summed E-state index contributed by atoms with van der Waals surface area (Å²) in [7, 11) is 0. The second-order valence-electron chi connectivity index (χ2n) is 2.78. The van der Waals surface area contributed by atoms with E-state index < -0.39 is 0 Å². The van der Waals surface area contributed by atoms with Crippen molar-refractivity contribution in [3.63, 3.8) is 0 Å². The summed E-state index contributed by atoms with van der Waals surface area (Å²) in [5.74, 6) is 1.18. The molecule has 0 amide bonds. The molecule has 0 aromatic carbocycles. The average molecular weight is 280 g/mol. The molecule has 1 saturated heterocycles. The molecule has 0 N–H and O–H groups in total. The summed E-state index contributed by atoms with van der Waals surface area (Å²) in [5.41, 5.74) is 0. The molecule has 1 aromatic rings. The van der Waals surface area contributed by atoms with E-state index in [4.69, 9.17) is 9.15 Å². The highest BCUT2D eigenvalue weighted by molar-refractivity contribution is 14.1. The first-order valence-corrected chi connectivity index (χ1v) is 5.01. The molecule has 0 unspecified atom stereocenters. The topological polar surface area (TPSA) is 48.2 Å². The Bertz CT molecular complexity index is 258. The maximum absolute atomic E-state index is 5.33. The third kappa shape index (κ3) is 1.77. The van der Waals surface area contributed by atoms with Crippen molar-refractivity contribution >= 4 is 22.6 Å². The Hall–Kier alpha value is -0.170. The number of nitrogens with zero attached hydrogens (tertiary/aromatic N) is 2. The molecule has 2 heterocycles. The van der Waals surface area contributed by atoms with Crippen molar-refractivity contribution in [1.82, 2.24) is 10.2 Å². The van der Waals surface area contributed by atoms with Crippen LogP contribution in [0.5, 0.6) is 0 Å². The Balaban J connectivity index is 2.08. The van der Waals surface area contributed by atoms with Gasteiger partial charge in [0, 0.05) is 41.7 Å². The SMILES string of the molecule is Ic1nnc(C2CCOCC2)o1. The molecule has 1 aromatic heterocycles. The standard InChI is InChI=1S/C7H9IN2O2/c8-7-10-9-6(12-7)5-1-3-11-4-2-5/h5H,1-4H2. The van der Waals surface area contributed by atoms with Gasteiger partial charge in [0.25, 0.3) is 3.90 Å².